The van der Waals surface area contributed by atoms with Crippen LogP contribution in [0.5, 0.6) is 0 Å². The van der Waals surface area contributed by atoms with Gasteiger partial charge in [0.2, 0.25) is 0 Å². The molecule has 0 amide bonds. The largest absolute Gasteiger partial charge is 0.384 e. The third kappa shape index (κ3) is 3.14. The molecule has 0 saturated heterocycles. The molecule has 5 heteroatoms. The molecule has 0 aromatic heterocycles. The zero-order valence-electron chi connectivity index (χ0n) is 10.2. The Bertz CT molecular complexity index is 623. The summed E-state index contributed by atoms with van der Waals surface area (Å²) in [5, 5.41) is 15.0. The number of rotatable bonds is 4. The standard InChI is InChI=1S/C14H14N4S/c15-13(16)11-7-6-10(8-12(11)14(17)18)19-9-4-2-1-3-5-9/h1-8H,(H3,15,16)(H3,17,18). The maximum atomic E-state index is 7.56. The predicted octanol–water partition coefficient (Wildman–Crippen LogP) is 2.41. The van der Waals surface area contributed by atoms with E-state index in [9.17, 15) is 0 Å². The van der Waals surface area contributed by atoms with Crippen molar-refractivity contribution in [2.24, 2.45) is 11.5 Å². The highest BCUT2D eigenvalue weighted by Crippen LogP contribution is 2.28. The fourth-order valence-electron chi connectivity index (χ4n) is 1.67. The summed E-state index contributed by atoms with van der Waals surface area (Å²) in [5.41, 5.74) is 12.0. The molecule has 0 heterocycles. The average molecular weight is 270 g/mol. The lowest BCUT2D eigenvalue weighted by molar-refractivity contribution is 1.33. The van der Waals surface area contributed by atoms with Crippen LogP contribution in [-0.2, 0) is 0 Å². The van der Waals surface area contributed by atoms with Gasteiger partial charge < -0.3 is 11.5 Å². The zero-order valence-corrected chi connectivity index (χ0v) is 11.0. The summed E-state index contributed by atoms with van der Waals surface area (Å²) >= 11 is 1.58. The summed E-state index contributed by atoms with van der Waals surface area (Å²) in [7, 11) is 0. The second kappa shape index (κ2) is 5.58. The van der Waals surface area contributed by atoms with E-state index >= 15 is 0 Å². The molecule has 96 valence electrons. The summed E-state index contributed by atoms with van der Waals surface area (Å²) in [6.45, 7) is 0. The molecule has 0 aliphatic carbocycles. The van der Waals surface area contributed by atoms with E-state index < -0.39 is 0 Å². The van der Waals surface area contributed by atoms with E-state index in [1.165, 1.54) is 0 Å². The maximum absolute atomic E-state index is 7.56. The molecule has 0 bridgehead atoms. The van der Waals surface area contributed by atoms with Gasteiger partial charge in [0.15, 0.2) is 0 Å². The molecule has 0 spiro atoms. The van der Waals surface area contributed by atoms with Crippen molar-refractivity contribution in [2.45, 2.75) is 9.79 Å². The molecule has 19 heavy (non-hydrogen) atoms. The Morgan fingerprint density at radius 2 is 1.42 bits per heavy atom. The monoisotopic (exact) mass is 270 g/mol. The number of nitrogens with one attached hydrogen (secondary N) is 2. The third-order valence-electron chi connectivity index (χ3n) is 2.55. The maximum Gasteiger partial charge on any atom is 0.123 e. The van der Waals surface area contributed by atoms with Crippen LogP contribution in [0, 0.1) is 10.8 Å². The third-order valence-corrected chi connectivity index (χ3v) is 3.55. The van der Waals surface area contributed by atoms with Crippen molar-refractivity contribution >= 4 is 23.4 Å². The topological polar surface area (TPSA) is 99.7 Å². The Morgan fingerprint density at radius 1 is 0.789 bits per heavy atom. The molecule has 2 aromatic carbocycles. The van der Waals surface area contributed by atoms with Crippen LogP contribution in [0.15, 0.2) is 58.3 Å². The Hall–Kier alpha value is -2.27. The molecular weight excluding hydrogens is 256 g/mol. The van der Waals surface area contributed by atoms with Crippen molar-refractivity contribution in [1.29, 1.82) is 10.8 Å². The van der Waals surface area contributed by atoms with Crippen LogP contribution in [-0.4, -0.2) is 11.7 Å². The minimum Gasteiger partial charge on any atom is -0.384 e. The minimum atomic E-state index is -0.0827. The van der Waals surface area contributed by atoms with Crippen LogP contribution in [0.1, 0.15) is 11.1 Å². The molecule has 0 unspecified atom stereocenters. The van der Waals surface area contributed by atoms with Crippen LogP contribution in [0.3, 0.4) is 0 Å². The van der Waals surface area contributed by atoms with E-state index in [2.05, 4.69) is 0 Å². The summed E-state index contributed by atoms with van der Waals surface area (Å²) in [4.78, 5) is 2.06. The van der Waals surface area contributed by atoms with Crippen LogP contribution in [0.4, 0.5) is 0 Å². The molecule has 2 aromatic rings. The van der Waals surface area contributed by atoms with Crippen molar-refractivity contribution < 1.29 is 0 Å². The Morgan fingerprint density at radius 3 is 2.00 bits per heavy atom. The average Bonchev–Trinajstić information content (AvgIpc) is 2.39. The van der Waals surface area contributed by atoms with Gasteiger partial charge >= 0.3 is 0 Å². The number of nitrogen functional groups attached to an aromatic ring is 2. The molecule has 0 fully saturated rings. The van der Waals surface area contributed by atoms with E-state index in [4.69, 9.17) is 22.3 Å². The summed E-state index contributed by atoms with van der Waals surface area (Å²) in [6.07, 6.45) is 0. The number of nitrogens with two attached hydrogens (primary N) is 2. The highest BCUT2D eigenvalue weighted by atomic mass is 32.2. The molecule has 2 rings (SSSR count). The Kier molecular flexibility index (Phi) is 3.87. The van der Waals surface area contributed by atoms with Crippen molar-refractivity contribution in [3.8, 4) is 0 Å². The number of benzene rings is 2. The first-order valence-electron chi connectivity index (χ1n) is 5.63. The molecule has 0 aliphatic rings. The minimum absolute atomic E-state index is 0.0820. The van der Waals surface area contributed by atoms with Crippen LogP contribution in [0.2, 0.25) is 0 Å². The number of hydrogen-bond acceptors (Lipinski definition) is 3. The van der Waals surface area contributed by atoms with Gasteiger partial charge in [-0.05, 0) is 30.3 Å². The molecule has 0 atom stereocenters. The van der Waals surface area contributed by atoms with Crippen LogP contribution in [0.25, 0.3) is 0 Å². The lowest BCUT2D eigenvalue weighted by Crippen LogP contribution is -2.20. The molecule has 4 nitrogen and oxygen atoms in total. The van der Waals surface area contributed by atoms with Gasteiger partial charge in [-0.2, -0.15) is 0 Å². The number of amidine groups is 2. The fourth-order valence-corrected chi connectivity index (χ4v) is 2.55. The quantitative estimate of drug-likeness (QED) is 0.507. The van der Waals surface area contributed by atoms with Crippen molar-refractivity contribution in [2.75, 3.05) is 0 Å². The first kappa shape index (κ1) is 13.2. The lowest BCUT2D eigenvalue weighted by atomic mass is 10.1. The van der Waals surface area contributed by atoms with Gasteiger partial charge in [-0.1, -0.05) is 30.0 Å². The summed E-state index contributed by atoms with van der Waals surface area (Å²) < 4.78 is 0. The van der Waals surface area contributed by atoms with E-state index in [0.717, 1.165) is 9.79 Å². The zero-order chi connectivity index (χ0) is 13.8. The smallest absolute Gasteiger partial charge is 0.123 e. The van der Waals surface area contributed by atoms with Gasteiger partial charge in [-0.25, -0.2) is 0 Å². The fraction of sp³-hybridized carbons (Fsp3) is 0. The van der Waals surface area contributed by atoms with Gasteiger partial charge in [-0.3, -0.25) is 10.8 Å². The highest BCUT2D eigenvalue weighted by molar-refractivity contribution is 7.99. The van der Waals surface area contributed by atoms with Gasteiger partial charge in [0.1, 0.15) is 11.7 Å². The normalized spacial score (nSPS) is 10.1. The summed E-state index contributed by atoms with van der Waals surface area (Å²) in [6, 6.07) is 15.3. The second-order valence-corrected chi connectivity index (χ2v) is 5.10. The van der Waals surface area contributed by atoms with Crippen LogP contribution >= 0.6 is 11.8 Å². The Balaban J connectivity index is 2.36. The van der Waals surface area contributed by atoms with Gasteiger partial charge in [0.25, 0.3) is 0 Å². The second-order valence-electron chi connectivity index (χ2n) is 3.95. The van der Waals surface area contributed by atoms with Gasteiger partial charge in [0.05, 0.1) is 0 Å². The molecule has 0 aliphatic heterocycles. The molecule has 6 N–H and O–H groups in total. The van der Waals surface area contributed by atoms with E-state index in [1.54, 1.807) is 23.9 Å². The predicted molar refractivity (Wildman–Crippen MR) is 79.0 cm³/mol. The van der Waals surface area contributed by atoms with Crippen molar-refractivity contribution in [3.05, 3.63) is 59.7 Å². The lowest BCUT2D eigenvalue weighted by Gasteiger charge is -2.09. The number of hydrogen-bond donors (Lipinski definition) is 4. The van der Waals surface area contributed by atoms with Gasteiger partial charge in [0, 0.05) is 20.9 Å². The van der Waals surface area contributed by atoms with Gasteiger partial charge in [-0.15, -0.1) is 0 Å². The Labute approximate surface area is 115 Å². The first-order valence-corrected chi connectivity index (χ1v) is 6.45. The van der Waals surface area contributed by atoms with E-state index in [1.807, 2.05) is 36.4 Å². The van der Waals surface area contributed by atoms with Crippen molar-refractivity contribution in [3.63, 3.8) is 0 Å². The molecule has 0 saturated carbocycles. The summed E-state index contributed by atoms with van der Waals surface area (Å²) in [5.74, 6) is -0.165. The molecule has 0 radical (unpaired) electrons. The molecular formula is C14H14N4S. The first-order chi connectivity index (χ1) is 9.08. The van der Waals surface area contributed by atoms with Crippen molar-refractivity contribution in [1.82, 2.24) is 0 Å². The van der Waals surface area contributed by atoms with E-state index in [0.29, 0.717) is 11.1 Å². The van der Waals surface area contributed by atoms with Crippen LogP contribution < -0.4 is 11.5 Å². The highest BCUT2D eigenvalue weighted by Gasteiger charge is 2.09. The SMILES string of the molecule is N=C(N)c1ccc(Sc2ccccc2)cc1C(=N)N. The van der Waals surface area contributed by atoms with E-state index in [-0.39, 0.29) is 11.7 Å².